The van der Waals surface area contributed by atoms with Crippen LogP contribution in [-0.4, -0.2) is 33.7 Å². The van der Waals surface area contributed by atoms with Crippen molar-refractivity contribution in [1.29, 1.82) is 0 Å². The molecule has 6 nitrogen and oxygen atoms in total. The predicted molar refractivity (Wildman–Crippen MR) is 99.2 cm³/mol. The second-order valence-electron chi connectivity index (χ2n) is 5.10. The van der Waals surface area contributed by atoms with Gasteiger partial charge >= 0.3 is 0 Å². The lowest BCUT2D eigenvalue weighted by atomic mass is 10.2. The highest BCUT2D eigenvalue weighted by atomic mass is 35.5. The smallest absolute Gasteiger partial charge is 0.252 e. The number of carbonyl (C=O) groups excluding carboxylic acids is 1. The van der Waals surface area contributed by atoms with Crippen LogP contribution in [0.1, 0.15) is 10.4 Å². The Kier molecular flexibility index (Phi) is 6.52. The molecule has 0 heterocycles. The van der Waals surface area contributed by atoms with Crippen molar-refractivity contribution in [2.24, 2.45) is 0 Å². The average molecular weight is 403 g/mol. The summed E-state index contributed by atoms with van der Waals surface area (Å²) in [6, 6.07) is 11.3. The molecule has 0 aliphatic carbocycles. The minimum absolute atomic E-state index is 0.137. The molecule has 0 aromatic heterocycles. The first-order valence-electron chi connectivity index (χ1n) is 7.19. The summed E-state index contributed by atoms with van der Waals surface area (Å²) in [5, 5.41) is 3.30. The third-order valence-electron chi connectivity index (χ3n) is 3.00. The van der Waals surface area contributed by atoms with Gasteiger partial charge in [0.2, 0.25) is 10.0 Å². The number of hydrogen-bond acceptors (Lipinski definition) is 4. The Labute approximate surface area is 156 Å². The summed E-state index contributed by atoms with van der Waals surface area (Å²) in [5.41, 5.74) is 0.518. The third kappa shape index (κ3) is 6.12. The van der Waals surface area contributed by atoms with Crippen molar-refractivity contribution >= 4 is 44.8 Å². The summed E-state index contributed by atoms with van der Waals surface area (Å²) in [7, 11) is -3.41. The van der Waals surface area contributed by atoms with Crippen LogP contribution in [0, 0.1) is 0 Å². The van der Waals surface area contributed by atoms with E-state index < -0.39 is 15.9 Å². The predicted octanol–water partition coefficient (Wildman–Crippen LogP) is 3.17. The van der Waals surface area contributed by atoms with E-state index in [0.29, 0.717) is 10.8 Å². The fourth-order valence-corrected chi connectivity index (χ4v) is 2.97. The number of anilines is 1. The molecule has 0 radical (unpaired) electrons. The molecular weight excluding hydrogens is 387 g/mol. The van der Waals surface area contributed by atoms with Gasteiger partial charge in [0, 0.05) is 5.69 Å². The van der Waals surface area contributed by atoms with Crippen molar-refractivity contribution in [2.75, 3.05) is 24.1 Å². The Bertz CT molecular complexity index is 872. The van der Waals surface area contributed by atoms with Crippen molar-refractivity contribution in [3.8, 4) is 5.75 Å². The van der Waals surface area contributed by atoms with Gasteiger partial charge in [0.15, 0.2) is 0 Å². The van der Waals surface area contributed by atoms with Gasteiger partial charge in [-0.1, -0.05) is 35.3 Å². The van der Waals surface area contributed by atoms with Gasteiger partial charge in [-0.2, -0.15) is 0 Å². The maximum Gasteiger partial charge on any atom is 0.252 e. The molecule has 0 bridgehead atoms. The van der Waals surface area contributed by atoms with E-state index in [4.69, 9.17) is 27.9 Å². The zero-order valence-corrected chi connectivity index (χ0v) is 15.6. The molecule has 0 unspecified atom stereocenters. The van der Waals surface area contributed by atoms with Crippen molar-refractivity contribution in [1.82, 2.24) is 5.32 Å². The first kappa shape index (κ1) is 19.4. The van der Waals surface area contributed by atoms with Gasteiger partial charge in [0.05, 0.1) is 28.4 Å². The van der Waals surface area contributed by atoms with Gasteiger partial charge in [-0.05, 0) is 30.3 Å². The molecule has 9 heteroatoms. The van der Waals surface area contributed by atoms with E-state index in [1.807, 2.05) is 0 Å². The molecule has 0 saturated heterocycles. The maximum atomic E-state index is 12.1. The Morgan fingerprint density at radius 3 is 2.48 bits per heavy atom. The van der Waals surface area contributed by atoms with Gasteiger partial charge < -0.3 is 10.1 Å². The quantitative estimate of drug-likeness (QED) is 0.696. The van der Waals surface area contributed by atoms with Crippen LogP contribution >= 0.6 is 23.2 Å². The van der Waals surface area contributed by atoms with Gasteiger partial charge in [-0.25, -0.2) is 8.42 Å². The SMILES string of the molecule is CS(=O)(=O)Nc1ccc(C(=O)NCCOc2ccccc2Cl)c(Cl)c1. The first-order valence-corrected chi connectivity index (χ1v) is 9.84. The molecule has 0 fully saturated rings. The molecule has 25 heavy (non-hydrogen) atoms. The number of carbonyl (C=O) groups is 1. The molecular formula is C16H16Cl2N2O4S. The number of amides is 1. The minimum Gasteiger partial charge on any atom is -0.490 e. The average Bonchev–Trinajstić information content (AvgIpc) is 2.51. The fourth-order valence-electron chi connectivity index (χ4n) is 1.96. The van der Waals surface area contributed by atoms with Crippen molar-refractivity contribution < 1.29 is 17.9 Å². The molecule has 0 aliphatic heterocycles. The van der Waals surface area contributed by atoms with Crippen LogP contribution in [0.4, 0.5) is 5.69 Å². The Morgan fingerprint density at radius 2 is 1.84 bits per heavy atom. The number of hydrogen-bond donors (Lipinski definition) is 2. The fraction of sp³-hybridized carbons (Fsp3) is 0.188. The van der Waals surface area contributed by atoms with E-state index in [1.165, 1.54) is 18.2 Å². The van der Waals surface area contributed by atoms with E-state index in [9.17, 15) is 13.2 Å². The molecule has 2 aromatic carbocycles. The molecule has 2 aromatic rings. The van der Waals surface area contributed by atoms with Crippen LogP contribution in [0.3, 0.4) is 0 Å². The van der Waals surface area contributed by atoms with E-state index in [2.05, 4.69) is 10.0 Å². The van der Waals surface area contributed by atoms with Crippen LogP contribution in [0.2, 0.25) is 10.0 Å². The summed E-state index contributed by atoms with van der Waals surface area (Å²) in [5.74, 6) is 0.145. The number of ether oxygens (including phenoxy) is 1. The summed E-state index contributed by atoms with van der Waals surface area (Å²) in [4.78, 5) is 12.1. The Balaban J connectivity index is 1.89. The van der Waals surface area contributed by atoms with Crippen LogP contribution in [0.15, 0.2) is 42.5 Å². The van der Waals surface area contributed by atoms with Crippen LogP contribution in [0.25, 0.3) is 0 Å². The number of sulfonamides is 1. The summed E-state index contributed by atoms with van der Waals surface area (Å²) < 4.78 is 30.1. The molecule has 0 spiro atoms. The molecule has 2 N–H and O–H groups in total. The van der Waals surface area contributed by atoms with E-state index in [-0.39, 0.29) is 29.4 Å². The third-order valence-corrected chi connectivity index (χ3v) is 4.23. The zero-order valence-electron chi connectivity index (χ0n) is 13.3. The molecule has 0 aliphatic rings. The van der Waals surface area contributed by atoms with Crippen molar-refractivity contribution in [3.05, 3.63) is 58.1 Å². The largest absolute Gasteiger partial charge is 0.490 e. The number of halogens is 2. The highest BCUT2D eigenvalue weighted by Gasteiger charge is 2.12. The minimum atomic E-state index is -3.41. The van der Waals surface area contributed by atoms with Crippen LogP contribution < -0.4 is 14.8 Å². The summed E-state index contributed by atoms with van der Waals surface area (Å²) >= 11 is 12.0. The molecule has 0 atom stereocenters. The topological polar surface area (TPSA) is 84.5 Å². The molecule has 2 rings (SSSR count). The van der Waals surface area contributed by atoms with E-state index >= 15 is 0 Å². The molecule has 0 saturated carbocycles. The molecule has 1 amide bonds. The van der Waals surface area contributed by atoms with Crippen molar-refractivity contribution in [3.63, 3.8) is 0 Å². The number of benzene rings is 2. The van der Waals surface area contributed by atoms with Gasteiger partial charge in [-0.3, -0.25) is 9.52 Å². The van der Waals surface area contributed by atoms with Gasteiger partial charge in [0.1, 0.15) is 12.4 Å². The molecule has 134 valence electrons. The van der Waals surface area contributed by atoms with E-state index in [1.54, 1.807) is 24.3 Å². The Morgan fingerprint density at radius 1 is 1.12 bits per heavy atom. The number of nitrogens with one attached hydrogen (secondary N) is 2. The highest BCUT2D eigenvalue weighted by molar-refractivity contribution is 7.92. The maximum absolute atomic E-state index is 12.1. The standard InChI is InChI=1S/C16H16Cl2N2O4S/c1-25(22,23)20-11-6-7-12(14(18)10-11)16(21)19-8-9-24-15-5-3-2-4-13(15)17/h2-7,10,20H,8-9H2,1H3,(H,19,21). The number of para-hydroxylation sites is 1. The monoisotopic (exact) mass is 402 g/mol. The second-order valence-corrected chi connectivity index (χ2v) is 7.67. The van der Waals surface area contributed by atoms with Gasteiger partial charge in [0.25, 0.3) is 5.91 Å². The van der Waals surface area contributed by atoms with Crippen LogP contribution in [-0.2, 0) is 10.0 Å². The highest BCUT2D eigenvalue weighted by Crippen LogP contribution is 2.23. The Hall–Kier alpha value is -1.96. The lowest BCUT2D eigenvalue weighted by Crippen LogP contribution is -2.28. The van der Waals surface area contributed by atoms with Crippen LogP contribution in [0.5, 0.6) is 5.75 Å². The number of rotatable bonds is 7. The first-order chi connectivity index (χ1) is 11.8. The van der Waals surface area contributed by atoms with E-state index in [0.717, 1.165) is 6.26 Å². The summed E-state index contributed by atoms with van der Waals surface area (Å²) in [6.07, 6.45) is 1.03. The normalized spacial score (nSPS) is 11.0. The summed E-state index contributed by atoms with van der Waals surface area (Å²) in [6.45, 7) is 0.491. The van der Waals surface area contributed by atoms with Crippen molar-refractivity contribution in [2.45, 2.75) is 0 Å². The lowest BCUT2D eigenvalue weighted by molar-refractivity contribution is 0.0947. The van der Waals surface area contributed by atoms with Gasteiger partial charge in [-0.15, -0.1) is 0 Å². The lowest BCUT2D eigenvalue weighted by Gasteiger charge is -2.10. The zero-order chi connectivity index (χ0) is 18.4. The second kappa shape index (κ2) is 8.42.